The molecular weight excluding hydrogens is 685 g/mol. The number of hydrogen-bond donors (Lipinski definition) is 0. The molecule has 10 rings (SSSR count). The molecule has 0 saturated heterocycles. The summed E-state index contributed by atoms with van der Waals surface area (Å²) in [7, 11) is 0. The minimum absolute atomic E-state index is 0.541. The van der Waals surface area contributed by atoms with Crippen molar-refractivity contribution < 1.29 is 0 Å². The van der Waals surface area contributed by atoms with Crippen LogP contribution in [0.15, 0.2) is 170 Å². The van der Waals surface area contributed by atoms with Crippen LogP contribution in [0.3, 0.4) is 0 Å². The van der Waals surface area contributed by atoms with E-state index >= 15 is 0 Å². The summed E-state index contributed by atoms with van der Waals surface area (Å²) in [5.74, 6) is 0. The third-order valence-corrected chi connectivity index (χ3v) is 10.7. The summed E-state index contributed by atoms with van der Waals surface area (Å²) < 4.78 is 4.62. The van der Waals surface area contributed by atoms with Gasteiger partial charge in [-0.15, -0.1) is 0 Å². The molecule has 0 atom stereocenters. The number of benzene rings is 7. The maximum Gasteiger partial charge on any atom is 0.197 e. The Morgan fingerprint density at radius 1 is 0.446 bits per heavy atom. The molecule has 56 heavy (non-hydrogen) atoms. The van der Waals surface area contributed by atoms with E-state index in [9.17, 15) is 10.5 Å². The highest BCUT2D eigenvalue weighted by Crippen LogP contribution is 2.44. The standard InChI is InChI=1S/C50H28N6/c1-53-44-29-50(56-46-9-5-3-7-40(46)43-27-38(19-21-48(43)56)35-16-12-33(31-52)13-17-35)49(28-41(44)36-22-24-54-25-23-36)55-45-8-4-2-6-39(45)42-26-37(18-20-47(42)55)34-14-10-32(30-51)11-15-34/h2-29H. The van der Waals surface area contributed by atoms with Gasteiger partial charge in [0.2, 0.25) is 0 Å². The second kappa shape index (κ2) is 13.0. The van der Waals surface area contributed by atoms with Gasteiger partial charge in [0.15, 0.2) is 5.69 Å². The molecule has 0 radical (unpaired) electrons. The van der Waals surface area contributed by atoms with Crippen molar-refractivity contribution in [2.75, 3.05) is 0 Å². The largest absolute Gasteiger partial charge is 0.308 e. The van der Waals surface area contributed by atoms with Gasteiger partial charge in [-0.2, -0.15) is 10.5 Å². The third kappa shape index (κ3) is 5.12. The Kier molecular flexibility index (Phi) is 7.53. The van der Waals surface area contributed by atoms with Crippen molar-refractivity contribution in [3.05, 3.63) is 193 Å². The molecule has 6 nitrogen and oxygen atoms in total. The lowest BCUT2D eigenvalue weighted by Crippen LogP contribution is -2.04. The molecule has 0 aliphatic rings. The van der Waals surface area contributed by atoms with E-state index in [1.54, 1.807) is 12.4 Å². The minimum atomic E-state index is 0.541. The molecule has 0 aliphatic heterocycles. The molecule has 0 N–H and O–H groups in total. The molecule has 0 fully saturated rings. The van der Waals surface area contributed by atoms with E-state index in [2.05, 4.69) is 122 Å². The van der Waals surface area contributed by atoms with Crippen LogP contribution >= 0.6 is 0 Å². The second-order valence-corrected chi connectivity index (χ2v) is 13.8. The van der Waals surface area contributed by atoms with Crippen molar-refractivity contribution >= 4 is 49.3 Å². The van der Waals surface area contributed by atoms with Crippen molar-refractivity contribution in [3.63, 3.8) is 0 Å². The average Bonchev–Trinajstić information content (AvgIpc) is 3.78. The first kappa shape index (κ1) is 32.4. The fourth-order valence-electron chi connectivity index (χ4n) is 8.08. The maximum atomic E-state index is 9.40. The lowest BCUT2D eigenvalue weighted by atomic mass is 10.0. The van der Waals surface area contributed by atoms with E-state index in [4.69, 9.17) is 6.57 Å². The van der Waals surface area contributed by atoms with Gasteiger partial charge in [0.05, 0.1) is 63.3 Å². The second-order valence-electron chi connectivity index (χ2n) is 13.8. The predicted molar refractivity (Wildman–Crippen MR) is 225 cm³/mol. The number of pyridine rings is 1. The number of nitrogens with zero attached hydrogens (tertiary/aromatic N) is 6. The first-order valence-electron chi connectivity index (χ1n) is 18.2. The SMILES string of the molecule is [C-]#[N+]c1cc(-n2c3ccccc3c3cc(-c4ccc(C#N)cc4)ccc32)c(-n2c3ccccc3c3cc(-c4ccc(C#N)cc4)ccc32)cc1-c1ccncc1. The normalized spacial score (nSPS) is 11.2. The number of para-hydroxylation sites is 2. The van der Waals surface area contributed by atoms with E-state index in [0.717, 1.165) is 88.4 Å². The summed E-state index contributed by atoms with van der Waals surface area (Å²) in [4.78, 5) is 8.38. The molecule has 3 heterocycles. The average molecular weight is 713 g/mol. The molecule has 0 aliphatic carbocycles. The Hall–Kier alpha value is -8.24. The molecule has 10 aromatic rings. The lowest BCUT2D eigenvalue weighted by Gasteiger charge is -2.20. The Balaban J connectivity index is 1.29. The molecular formula is C50H28N6. The highest BCUT2D eigenvalue weighted by atomic mass is 15.1. The van der Waals surface area contributed by atoms with Crippen LogP contribution in [0.25, 0.3) is 93.2 Å². The van der Waals surface area contributed by atoms with Gasteiger partial charge in [0.1, 0.15) is 0 Å². The highest BCUT2D eigenvalue weighted by Gasteiger charge is 2.22. The van der Waals surface area contributed by atoms with E-state index < -0.39 is 0 Å². The van der Waals surface area contributed by atoms with Gasteiger partial charge in [0, 0.05) is 33.9 Å². The fourth-order valence-corrected chi connectivity index (χ4v) is 8.08. The quantitative estimate of drug-likeness (QED) is 0.167. The van der Waals surface area contributed by atoms with Gasteiger partial charge >= 0.3 is 0 Å². The van der Waals surface area contributed by atoms with Crippen molar-refractivity contribution in [3.8, 4) is 56.9 Å². The van der Waals surface area contributed by atoms with E-state index in [-0.39, 0.29) is 0 Å². The molecule has 0 saturated carbocycles. The van der Waals surface area contributed by atoms with E-state index in [1.807, 2.05) is 66.7 Å². The van der Waals surface area contributed by atoms with Gasteiger partial charge < -0.3 is 9.13 Å². The van der Waals surface area contributed by atoms with Crippen molar-refractivity contribution in [1.82, 2.24) is 14.1 Å². The van der Waals surface area contributed by atoms with Crippen molar-refractivity contribution in [2.45, 2.75) is 0 Å². The first-order chi connectivity index (χ1) is 27.6. The topological polar surface area (TPSA) is 74.7 Å². The molecule has 0 amide bonds. The first-order valence-corrected chi connectivity index (χ1v) is 18.2. The van der Waals surface area contributed by atoms with Gasteiger partial charge in [0.25, 0.3) is 0 Å². The summed E-state index contributed by atoms with van der Waals surface area (Å²) in [5.41, 5.74) is 13.6. The van der Waals surface area contributed by atoms with Crippen LogP contribution in [0.2, 0.25) is 0 Å². The third-order valence-electron chi connectivity index (χ3n) is 10.7. The molecule has 3 aromatic heterocycles. The molecule has 0 spiro atoms. The van der Waals surface area contributed by atoms with Crippen molar-refractivity contribution in [1.29, 1.82) is 10.5 Å². The lowest BCUT2D eigenvalue weighted by molar-refractivity contribution is 1.10. The van der Waals surface area contributed by atoms with Gasteiger partial charge in [-0.25, -0.2) is 4.85 Å². The fraction of sp³-hybridized carbons (Fsp3) is 0. The zero-order valence-corrected chi connectivity index (χ0v) is 29.8. The molecule has 7 aromatic carbocycles. The van der Waals surface area contributed by atoms with Crippen LogP contribution in [-0.4, -0.2) is 14.1 Å². The summed E-state index contributed by atoms with van der Waals surface area (Å²) in [5, 5.41) is 23.2. The maximum absolute atomic E-state index is 9.40. The van der Waals surface area contributed by atoms with Crippen molar-refractivity contribution in [2.24, 2.45) is 0 Å². The Labute approximate surface area is 322 Å². The monoisotopic (exact) mass is 712 g/mol. The number of hydrogen-bond acceptors (Lipinski definition) is 3. The minimum Gasteiger partial charge on any atom is -0.308 e. The number of fused-ring (bicyclic) bond motifs is 6. The zero-order chi connectivity index (χ0) is 37.8. The Bertz CT molecular complexity index is 3310. The summed E-state index contributed by atoms with van der Waals surface area (Å²) in [6, 6.07) is 57.9. The molecule has 258 valence electrons. The number of aromatic nitrogens is 3. The number of rotatable bonds is 5. The summed E-state index contributed by atoms with van der Waals surface area (Å²) in [6.45, 7) is 8.43. The zero-order valence-electron chi connectivity index (χ0n) is 29.8. The predicted octanol–water partition coefficient (Wildman–Crippen LogP) is 12.6. The summed E-state index contributed by atoms with van der Waals surface area (Å²) in [6.07, 6.45) is 3.53. The highest BCUT2D eigenvalue weighted by molar-refractivity contribution is 6.13. The van der Waals surface area contributed by atoms with Crippen LogP contribution in [0.1, 0.15) is 11.1 Å². The molecule has 6 heteroatoms. The van der Waals surface area contributed by atoms with Crippen LogP contribution < -0.4 is 0 Å². The van der Waals surface area contributed by atoms with Gasteiger partial charge in [-0.1, -0.05) is 72.8 Å². The van der Waals surface area contributed by atoms with Crippen LogP contribution in [0.4, 0.5) is 5.69 Å². The molecule has 0 unspecified atom stereocenters. The van der Waals surface area contributed by atoms with E-state index in [1.165, 1.54) is 0 Å². The Morgan fingerprint density at radius 2 is 0.893 bits per heavy atom. The van der Waals surface area contributed by atoms with E-state index in [0.29, 0.717) is 16.8 Å². The number of nitriles is 2. The van der Waals surface area contributed by atoms with Gasteiger partial charge in [-0.3, -0.25) is 4.98 Å². The van der Waals surface area contributed by atoms with Crippen LogP contribution in [-0.2, 0) is 0 Å². The summed E-state index contributed by atoms with van der Waals surface area (Å²) >= 11 is 0. The van der Waals surface area contributed by atoms with Crippen LogP contribution in [0.5, 0.6) is 0 Å². The molecule has 0 bridgehead atoms. The Morgan fingerprint density at radius 3 is 1.38 bits per heavy atom. The van der Waals surface area contributed by atoms with Crippen LogP contribution in [0, 0.1) is 29.2 Å². The van der Waals surface area contributed by atoms with Gasteiger partial charge in [-0.05, 0) is 118 Å². The smallest absolute Gasteiger partial charge is 0.197 e.